The predicted molar refractivity (Wildman–Crippen MR) is 75.0 cm³/mol. The summed E-state index contributed by atoms with van der Waals surface area (Å²) in [7, 11) is 0. The summed E-state index contributed by atoms with van der Waals surface area (Å²) in [5.41, 5.74) is 3.69. The van der Waals surface area contributed by atoms with E-state index in [4.69, 9.17) is 4.74 Å². The van der Waals surface area contributed by atoms with Crippen molar-refractivity contribution in [3.63, 3.8) is 0 Å². The van der Waals surface area contributed by atoms with Crippen molar-refractivity contribution in [1.29, 1.82) is 0 Å². The van der Waals surface area contributed by atoms with Crippen molar-refractivity contribution < 1.29 is 4.74 Å². The van der Waals surface area contributed by atoms with Gasteiger partial charge in [-0.25, -0.2) is 0 Å². The van der Waals surface area contributed by atoms with Crippen molar-refractivity contribution in [2.24, 2.45) is 0 Å². The van der Waals surface area contributed by atoms with Gasteiger partial charge in [-0.2, -0.15) is 0 Å². The van der Waals surface area contributed by atoms with Crippen molar-refractivity contribution in [2.75, 3.05) is 11.4 Å². The number of nitrogens with zero attached hydrogens (tertiary/aromatic N) is 1. The van der Waals surface area contributed by atoms with Gasteiger partial charge < -0.3 is 9.64 Å². The molecule has 92 valence electrons. The molecule has 0 aromatic heterocycles. The van der Waals surface area contributed by atoms with Crippen LogP contribution in [0, 0.1) is 0 Å². The van der Waals surface area contributed by atoms with Crippen LogP contribution >= 0.6 is 0 Å². The maximum Gasteiger partial charge on any atom is 0.169 e. The minimum atomic E-state index is 0.135. The van der Waals surface area contributed by atoms with Gasteiger partial charge in [0.25, 0.3) is 0 Å². The summed E-state index contributed by atoms with van der Waals surface area (Å²) in [5, 5.41) is 0. The fourth-order valence-corrected chi connectivity index (χ4v) is 2.52. The van der Waals surface area contributed by atoms with Gasteiger partial charge in [-0.05, 0) is 37.1 Å². The smallest absolute Gasteiger partial charge is 0.169 e. The monoisotopic (exact) mass is 239 g/mol. The number of rotatable bonds is 2. The maximum atomic E-state index is 5.83. The average Bonchev–Trinajstić information content (AvgIpc) is 2.74. The van der Waals surface area contributed by atoms with E-state index in [1.54, 1.807) is 0 Å². The van der Waals surface area contributed by atoms with Gasteiger partial charge in [0.1, 0.15) is 5.75 Å². The van der Waals surface area contributed by atoms with Crippen LogP contribution < -0.4 is 9.64 Å². The molecule has 2 nitrogen and oxygen atoms in total. The first-order chi connectivity index (χ1) is 8.79. The Morgan fingerprint density at radius 3 is 2.56 bits per heavy atom. The average molecular weight is 239 g/mol. The van der Waals surface area contributed by atoms with Crippen molar-refractivity contribution in [1.82, 2.24) is 0 Å². The first kappa shape index (κ1) is 11.1. The Morgan fingerprint density at radius 1 is 1.06 bits per heavy atom. The molecule has 1 aliphatic heterocycles. The van der Waals surface area contributed by atoms with Gasteiger partial charge >= 0.3 is 0 Å². The Bertz CT molecular complexity index is 550. The highest BCUT2D eigenvalue weighted by atomic mass is 16.5. The fourth-order valence-electron chi connectivity index (χ4n) is 2.52. The number of hydrogen-bond acceptors (Lipinski definition) is 2. The first-order valence-corrected chi connectivity index (χ1v) is 6.42. The lowest BCUT2D eigenvalue weighted by atomic mass is 10.0. The Balaban J connectivity index is 2.05. The topological polar surface area (TPSA) is 12.5 Å². The van der Waals surface area contributed by atoms with Crippen molar-refractivity contribution in [3.05, 3.63) is 48.5 Å². The molecule has 2 aromatic rings. The standard InChI is InChI=1S/C16H17NO/c1-3-17-12(2)18-16-10-9-14(11-15(16)17)13-7-5-4-6-8-13/h4-12H,3H2,1-2H3. The van der Waals surface area contributed by atoms with Crippen molar-refractivity contribution >= 4 is 5.69 Å². The molecular formula is C16H17NO. The molecule has 0 spiro atoms. The van der Waals surface area contributed by atoms with Gasteiger partial charge in [0.2, 0.25) is 0 Å². The van der Waals surface area contributed by atoms with Gasteiger partial charge in [-0.1, -0.05) is 36.4 Å². The van der Waals surface area contributed by atoms with Crippen LogP contribution in [0.25, 0.3) is 11.1 Å². The Hall–Kier alpha value is -1.96. The van der Waals surface area contributed by atoms with E-state index in [1.165, 1.54) is 16.8 Å². The molecular weight excluding hydrogens is 222 g/mol. The Labute approximate surface area is 108 Å². The van der Waals surface area contributed by atoms with Gasteiger partial charge in [0, 0.05) is 6.54 Å². The number of hydrogen-bond donors (Lipinski definition) is 0. The number of fused-ring (bicyclic) bond motifs is 1. The summed E-state index contributed by atoms with van der Waals surface area (Å²) in [4.78, 5) is 2.28. The molecule has 1 heterocycles. The van der Waals surface area contributed by atoms with E-state index in [1.807, 2.05) is 6.07 Å². The van der Waals surface area contributed by atoms with E-state index in [-0.39, 0.29) is 6.23 Å². The van der Waals surface area contributed by atoms with Crippen LogP contribution in [0.5, 0.6) is 5.75 Å². The molecule has 0 saturated heterocycles. The summed E-state index contributed by atoms with van der Waals surface area (Å²) in [6, 6.07) is 16.9. The lowest BCUT2D eigenvalue weighted by Gasteiger charge is -2.20. The predicted octanol–water partition coefficient (Wildman–Crippen LogP) is 3.92. The molecule has 1 atom stereocenters. The fraction of sp³-hybridized carbons (Fsp3) is 0.250. The first-order valence-electron chi connectivity index (χ1n) is 6.42. The third kappa shape index (κ3) is 1.74. The van der Waals surface area contributed by atoms with E-state index in [2.05, 4.69) is 61.2 Å². The molecule has 2 aromatic carbocycles. The second kappa shape index (κ2) is 4.37. The van der Waals surface area contributed by atoms with Gasteiger partial charge in [-0.3, -0.25) is 0 Å². The van der Waals surface area contributed by atoms with E-state index in [0.29, 0.717) is 0 Å². The van der Waals surface area contributed by atoms with E-state index >= 15 is 0 Å². The Kier molecular flexibility index (Phi) is 2.71. The van der Waals surface area contributed by atoms with E-state index in [9.17, 15) is 0 Å². The molecule has 0 N–H and O–H groups in total. The molecule has 18 heavy (non-hydrogen) atoms. The Morgan fingerprint density at radius 2 is 1.83 bits per heavy atom. The molecule has 0 amide bonds. The normalized spacial score (nSPS) is 17.4. The summed E-state index contributed by atoms with van der Waals surface area (Å²) >= 11 is 0. The zero-order valence-corrected chi connectivity index (χ0v) is 10.8. The van der Waals surface area contributed by atoms with Crippen LogP contribution in [-0.4, -0.2) is 12.8 Å². The van der Waals surface area contributed by atoms with Gasteiger partial charge in [0.05, 0.1) is 5.69 Å². The molecule has 0 radical (unpaired) electrons. The van der Waals surface area contributed by atoms with Crippen LogP contribution in [-0.2, 0) is 0 Å². The summed E-state index contributed by atoms with van der Waals surface area (Å²) in [6.45, 7) is 5.21. The lowest BCUT2D eigenvalue weighted by molar-refractivity contribution is 0.246. The molecule has 1 unspecified atom stereocenters. The SMILES string of the molecule is CCN1c2cc(-c3ccccc3)ccc2OC1C. The summed E-state index contributed by atoms with van der Waals surface area (Å²) < 4.78 is 5.83. The molecule has 1 aliphatic rings. The second-order valence-electron chi connectivity index (χ2n) is 4.55. The number of anilines is 1. The zero-order valence-electron chi connectivity index (χ0n) is 10.8. The minimum Gasteiger partial charge on any atom is -0.469 e. The highest BCUT2D eigenvalue weighted by Crippen LogP contribution is 2.39. The quantitative estimate of drug-likeness (QED) is 0.787. The lowest BCUT2D eigenvalue weighted by Crippen LogP contribution is -2.31. The van der Waals surface area contributed by atoms with Crippen LogP contribution in [0.3, 0.4) is 0 Å². The maximum absolute atomic E-state index is 5.83. The molecule has 2 heteroatoms. The van der Waals surface area contributed by atoms with Crippen LogP contribution in [0.1, 0.15) is 13.8 Å². The zero-order chi connectivity index (χ0) is 12.5. The highest BCUT2D eigenvalue weighted by Gasteiger charge is 2.26. The van der Waals surface area contributed by atoms with E-state index < -0.39 is 0 Å². The minimum absolute atomic E-state index is 0.135. The van der Waals surface area contributed by atoms with Gasteiger partial charge in [-0.15, -0.1) is 0 Å². The van der Waals surface area contributed by atoms with Crippen LogP contribution in [0.15, 0.2) is 48.5 Å². The van der Waals surface area contributed by atoms with E-state index in [0.717, 1.165) is 12.3 Å². The summed E-state index contributed by atoms with van der Waals surface area (Å²) in [5.74, 6) is 0.990. The number of benzene rings is 2. The molecule has 0 aliphatic carbocycles. The third-order valence-corrected chi connectivity index (χ3v) is 3.45. The second-order valence-corrected chi connectivity index (χ2v) is 4.55. The number of ether oxygens (including phenoxy) is 1. The molecule has 3 rings (SSSR count). The molecule has 0 saturated carbocycles. The highest BCUT2D eigenvalue weighted by molar-refractivity contribution is 5.74. The van der Waals surface area contributed by atoms with Crippen LogP contribution in [0.4, 0.5) is 5.69 Å². The third-order valence-electron chi connectivity index (χ3n) is 3.45. The van der Waals surface area contributed by atoms with Crippen molar-refractivity contribution in [3.8, 4) is 16.9 Å². The van der Waals surface area contributed by atoms with Crippen LogP contribution in [0.2, 0.25) is 0 Å². The van der Waals surface area contributed by atoms with Crippen molar-refractivity contribution in [2.45, 2.75) is 20.1 Å². The molecule has 0 fully saturated rings. The molecule has 0 bridgehead atoms. The summed E-state index contributed by atoms with van der Waals surface area (Å²) in [6.07, 6.45) is 0.135. The van der Waals surface area contributed by atoms with Gasteiger partial charge in [0.15, 0.2) is 6.23 Å². The largest absolute Gasteiger partial charge is 0.469 e.